The van der Waals surface area contributed by atoms with E-state index in [0.29, 0.717) is 32.5 Å². The number of halogens is 4. The van der Waals surface area contributed by atoms with Gasteiger partial charge in [-0.2, -0.15) is 13.2 Å². The highest BCUT2D eigenvalue weighted by atomic mass is 35.5. The Balaban J connectivity index is 1.52. The molecule has 0 aliphatic rings. The predicted molar refractivity (Wildman–Crippen MR) is 113 cm³/mol. The van der Waals surface area contributed by atoms with Crippen LogP contribution in [0.5, 0.6) is 0 Å². The first-order valence-electron chi connectivity index (χ1n) is 9.17. The van der Waals surface area contributed by atoms with Gasteiger partial charge in [0, 0.05) is 21.9 Å². The number of anilines is 1. The van der Waals surface area contributed by atoms with Crippen molar-refractivity contribution in [1.82, 2.24) is 25.2 Å². The van der Waals surface area contributed by atoms with E-state index in [1.165, 1.54) is 28.4 Å². The number of benzene rings is 2. The number of tetrazole rings is 1. The van der Waals surface area contributed by atoms with E-state index in [0.717, 1.165) is 12.1 Å². The number of alkyl halides is 3. The lowest BCUT2D eigenvalue weighted by Gasteiger charge is -2.10. The molecule has 7 nitrogen and oxygen atoms in total. The van der Waals surface area contributed by atoms with Gasteiger partial charge < -0.3 is 0 Å². The van der Waals surface area contributed by atoms with Crippen molar-refractivity contribution in [1.29, 1.82) is 0 Å². The molecule has 0 spiro atoms. The van der Waals surface area contributed by atoms with Gasteiger partial charge in [-0.1, -0.05) is 17.7 Å². The highest BCUT2D eigenvalue weighted by molar-refractivity contribution is 7.15. The van der Waals surface area contributed by atoms with Gasteiger partial charge in [0.05, 0.1) is 16.9 Å². The van der Waals surface area contributed by atoms with Gasteiger partial charge in [0.1, 0.15) is 6.33 Å². The number of hydrogen-bond acceptors (Lipinski definition) is 6. The second-order valence-electron chi connectivity index (χ2n) is 6.77. The number of amides is 1. The maximum absolute atomic E-state index is 13.0. The Morgan fingerprint density at radius 1 is 1.22 bits per heavy atom. The highest BCUT2D eigenvalue weighted by Gasteiger charge is 2.31. The van der Waals surface area contributed by atoms with Crippen LogP contribution in [0.1, 0.15) is 32.1 Å². The van der Waals surface area contributed by atoms with Crippen molar-refractivity contribution in [3.63, 3.8) is 0 Å². The van der Waals surface area contributed by atoms with Gasteiger partial charge in [-0.3, -0.25) is 10.1 Å². The normalized spacial score (nSPS) is 11.5. The van der Waals surface area contributed by atoms with Crippen LogP contribution in [0.4, 0.5) is 18.3 Å². The molecule has 164 valence electrons. The topological polar surface area (TPSA) is 85.6 Å². The first-order chi connectivity index (χ1) is 15.2. The fraction of sp³-hybridized carbons (Fsp3) is 0.150. The van der Waals surface area contributed by atoms with Crippen LogP contribution in [0, 0.1) is 6.92 Å². The van der Waals surface area contributed by atoms with Gasteiger partial charge in [-0.05, 0) is 59.3 Å². The number of nitrogens with zero attached hydrogens (tertiary/aromatic N) is 5. The molecule has 0 aliphatic carbocycles. The molecule has 0 radical (unpaired) electrons. The van der Waals surface area contributed by atoms with Crippen molar-refractivity contribution in [2.75, 3.05) is 5.32 Å². The molecule has 4 aromatic rings. The van der Waals surface area contributed by atoms with Crippen LogP contribution < -0.4 is 5.32 Å². The molecule has 0 aliphatic heterocycles. The van der Waals surface area contributed by atoms with Crippen LogP contribution in [0.3, 0.4) is 0 Å². The van der Waals surface area contributed by atoms with Crippen molar-refractivity contribution >= 4 is 34.0 Å². The van der Waals surface area contributed by atoms with E-state index in [-0.39, 0.29) is 11.4 Å². The number of nitrogens with one attached hydrogen (secondary N) is 1. The summed E-state index contributed by atoms with van der Waals surface area (Å²) < 4.78 is 40.5. The Labute approximate surface area is 188 Å². The summed E-state index contributed by atoms with van der Waals surface area (Å²) in [5.74, 6) is -0.391. The minimum absolute atomic E-state index is 0.164. The summed E-state index contributed by atoms with van der Waals surface area (Å²) in [5, 5.41) is 14.2. The lowest BCUT2D eigenvalue weighted by Crippen LogP contribution is -2.12. The van der Waals surface area contributed by atoms with E-state index in [1.807, 2.05) is 0 Å². The number of carbonyl (C=O) groups excluding carboxylic acids is 1. The molecule has 1 N–H and O–H groups in total. The summed E-state index contributed by atoms with van der Waals surface area (Å²) in [6, 6.07) is 9.90. The van der Waals surface area contributed by atoms with Crippen molar-refractivity contribution in [2.24, 2.45) is 0 Å². The van der Waals surface area contributed by atoms with Gasteiger partial charge in [-0.25, -0.2) is 9.67 Å². The van der Waals surface area contributed by atoms with Gasteiger partial charge in [0.25, 0.3) is 5.91 Å². The van der Waals surface area contributed by atoms with Gasteiger partial charge in [0.15, 0.2) is 5.13 Å². The molecule has 0 saturated heterocycles. The Bertz CT molecular complexity index is 1270. The molecule has 2 aromatic carbocycles. The smallest absolute Gasteiger partial charge is 0.298 e. The number of thiazole rings is 1. The SMILES string of the molecule is Cc1nc(NC(=O)c2cccc(-n3cnnn3)c2)sc1Cc1cc(C(F)(F)F)ccc1Cl. The zero-order valence-corrected chi connectivity index (χ0v) is 18.0. The third-order valence-corrected chi connectivity index (χ3v) is 6.00. The van der Waals surface area contributed by atoms with E-state index in [9.17, 15) is 18.0 Å². The lowest BCUT2D eigenvalue weighted by atomic mass is 10.1. The number of aryl methyl sites for hydroxylation is 1. The summed E-state index contributed by atoms with van der Waals surface area (Å²) >= 11 is 7.29. The minimum atomic E-state index is -4.46. The third-order valence-electron chi connectivity index (χ3n) is 4.56. The summed E-state index contributed by atoms with van der Waals surface area (Å²) in [4.78, 5) is 17.7. The van der Waals surface area contributed by atoms with Gasteiger partial charge in [-0.15, -0.1) is 16.4 Å². The summed E-state index contributed by atoms with van der Waals surface area (Å²) in [7, 11) is 0. The molecule has 0 unspecified atom stereocenters. The summed E-state index contributed by atoms with van der Waals surface area (Å²) in [6.45, 7) is 1.72. The van der Waals surface area contributed by atoms with Crippen LogP contribution in [0.2, 0.25) is 5.02 Å². The first-order valence-corrected chi connectivity index (χ1v) is 10.4. The molecule has 1 amide bonds. The maximum Gasteiger partial charge on any atom is 0.416 e. The standard InChI is InChI=1S/C20H14ClF3N6OS/c1-11-17(9-13-7-14(20(22,23)24)5-6-16(13)21)32-19(26-11)27-18(31)12-3-2-4-15(8-12)30-10-25-28-29-30/h2-8,10H,9H2,1H3,(H,26,27,31). The average Bonchev–Trinajstić information content (AvgIpc) is 3.39. The Morgan fingerprint density at radius 3 is 2.75 bits per heavy atom. The molecule has 2 heterocycles. The maximum atomic E-state index is 13.0. The van der Waals surface area contributed by atoms with E-state index in [2.05, 4.69) is 25.8 Å². The fourth-order valence-corrected chi connectivity index (χ4v) is 4.11. The van der Waals surface area contributed by atoms with Gasteiger partial charge >= 0.3 is 6.18 Å². The van der Waals surface area contributed by atoms with E-state index in [4.69, 9.17) is 11.6 Å². The molecule has 0 saturated carbocycles. The van der Waals surface area contributed by atoms with Crippen LogP contribution in [-0.2, 0) is 12.6 Å². The second kappa shape index (κ2) is 8.67. The molecule has 0 bridgehead atoms. The minimum Gasteiger partial charge on any atom is -0.298 e. The monoisotopic (exact) mass is 478 g/mol. The van der Waals surface area contributed by atoms with Crippen molar-refractivity contribution in [3.8, 4) is 5.69 Å². The van der Waals surface area contributed by atoms with E-state index in [1.54, 1.807) is 31.2 Å². The quantitative estimate of drug-likeness (QED) is 0.439. The molecule has 4 rings (SSSR count). The highest BCUT2D eigenvalue weighted by Crippen LogP contribution is 2.34. The number of rotatable bonds is 5. The van der Waals surface area contributed by atoms with E-state index < -0.39 is 17.6 Å². The third kappa shape index (κ3) is 4.78. The molecule has 0 fully saturated rings. The van der Waals surface area contributed by atoms with Crippen LogP contribution in [-0.4, -0.2) is 31.1 Å². The number of aromatic nitrogens is 5. The Hall–Kier alpha value is -3.31. The fourth-order valence-electron chi connectivity index (χ4n) is 2.94. The summed E-state index contributed by atoms with van der Waals surface area (Å²) in [6.07, 6.45) is -2.89. The van der Waals surface area contributed by atoms with Crippen LogP contribution in [0.25, 0.3) is 5.69 Å². The Morgan fingerprint density at radius 2 is 2.03 bits per heavy atom. The molecule has 32 heavy (non-hydrogen) atoms. The van der Waals surface area contributed by atoms with Gasteiger partial charge in [0.2, 0.25) is 0 Å². The first kappa shape index (κ1) is 21.9. The Kier molecular flexibility index (Phi) is 5.94. The molecule has 2 aromatic heterocycles. The molecular formula is C20H14ClF3N6OS. The van der Waals surface area contributed by atoms with Crippen LogP contribution >= 0.6 is 22.9 Å². The molecule has 0 atom stereocenters. The zero-order valence-electron chi connectivity index (χ0n) is 16.4. The average molecular weight is 479 g/mol. The van der Waals surface area contributed by atoms with Crippen molar-refractivity contribution in [3.05, 3.63) is 81.1 Å². The predicted octanol–water partition coefficient (Wildman–Crippen LogP) is 4.94. The largest absolute Gasteiger partial charge is 0.416 e. The zero-order chi connectivity index (χ0) is 22.9. The second-order valence-corrected chi connectivity index (χ2v) is 8.26. The number of carbonyl (C=O) groups is 1. The van der Waals surface area contributed by atoms with Crippen molar-refractivity contribution in [2.45, 2.75) is 19.5 Å². The lowest BCUT2D eigenvalue weighted by molar-refractivity contribution is -0.137. The molecule has 12 heteroatoms. The van der Waals surface area contributed by atoms with Crippen molar-refractivity contribution < 1.29 is 18.0 Å². The van der Waals surface area contributed by atoms with E-state index >= 15 is 0 Å². The van der Waals surface area contributed by atoms with Crippen LogP contribution in [0.15, 0.2) is 48.8 Å². The molecular weight excluding hydrogens is 465 g/mol. The number of hydrogen-bond donors (Lipinski definition) is 1. The summed E-state index contributed by atoms with van der Waals surface area (Å²) in [5.41, 5.74) is 1.14.